The number of allylic oxidation sites excluding steroid dienone is 1. The van der Waals surface area contributed by atoms with Crippen LogP contribution in [0.1, 0.15) is 25.3 Å². The minimum Gasteiger partial charge on any atom is -0.466 e. The van der Waals surface area contributed by atoms with E-state index >= 15 is 0 Å². The molecule has 1 aromatic carbocycles. The van der Waals surface area contributed by atoms with Crippen LogP contribution in [0.3, 0.4) is 0 Å². The first-order valence-electron chi connectivity index (χ1n) is 15.6. The van der Waals surface area contributed by atoms with Crippen LogP contribution in [0.4, 0.5) is 0 Å². The number of rotatable bonds is 12. The third-order valence-corrected chi connectivity index (χ3v) is 8.65. The number of hydrogen-bond donors (Lipinski definition) is 8. The first-order valence-corrected chi connectivity index (χ1v) is 15.6. The Morgan fingerprint density at radius 3 is 2.00 bits per heavy atom. The van der Waals surface area contributed by atoms with Crippen molar-refractivity contribution in [3.63, 3.8) is 0 Å². The molecule has 2 aliphatic heterocycles. The number of benzene rings is 1. The maximum atomic E-state index is 13.1. The van der Waals surface area contributed by atoms with Crippen LogP contribution in [0, 0.1) is 5.92 Å². The fraction of sp³-hybridized carbons (Fsp3) is 0.625. The average molecular weight is 685 g/mol. The van der Waals surface area contributed by atoms with Crippen molar-refractivity contribution in [3.8, 4) is 5.75 Å². The van der Waals surface area contributed by atoms with Gasteiger partial charge in [0, 0.05) is 11.5 Å². The normalized spacial score (nSPS) is 36.4. The quantitative estimate of drug-likeness (QED) is 0.0649. The highest BCUT2D eigenvalue weighted by molar-refractivity contribution is 5.91. The van der Waals surface area contributed by atoms with Gasteiger partial charge in [0.05, 0.1) is 39.5 Å². The smallest absolute Gasteiger partial charge is 0.334 e. The highest BCUT2D eigenvalue weighted by atomic mass is 16.7. The third kappa shape index (κ3) is 8.65. The molecule has 2 unspecified atom stereocenters. The zero-order valence-electron chi connectivity index (χ0n) is 26.5. The van der Waals surface area contributed by atoms with E-state index in [4.69, 9.17) is 28.4 Å². The molecule has 8 N–H and O–H groups in total. The van der Waals surface area contributed by atoms with Gasteiger partial charge in [0.15, 0.2) is 12.6 Å². The summed E-state index contributed by atoms with van der Waals surface area (Å²) in [5.74, 6) is -1.96. The number of carbonyl (C=O) groups excluding carboxylic acids is 2. The average Bonchev–Trinajstić information content (AvgIpc) is 3.08. The van der Waals surface area contributed by atoms with Crippen LogP contribution in [0.5, 0.6) is 5.75 Å². The third-order valence-electron chi connectivity index (χ3n) is 8.65. The molecule has 0 amide bonds. The number of esters is 2. The molecule has 48 heavy (non-hydrogen) atoms. The fourth-order valence-corrected chi connectivity index (χ4v) is 5.91. The van der Waals surface area contributed by atoms with Gasteiger partial charge in [-0.1, -0.05) is 24.3 Å². The van der Waals surface area contributed by atoms with E-state index < -0.39 is 98.6 Å². The van der Waals surface area contributed by atoms with Gasteiger partial charge in [-0.2, -0.15) is 0 Å². The number of ether oxygens (including phenoxy) is 6. The van der Waals surface area contributed by atoms with Gasteiger partial charge in [0.25, 0.3) is 0 Å². The summed E-state index contributed by atoms with van der Waals surface area (Å²) in [5, 5.41) is 79.5. The molecule has 3 aliphatic rings. The lowest BCUT2D eigenvalue weighted by atomic mass is 9.79. The zero-order chi connectivity index (χ0) is 35.1. The van der Waals surface area contributed by atoms with Crippen LogP contribution < -0.4 is 4.74 Å². The van der Waals surface area contributed by atoms with E-state index in [0.717, 1.165) is 5.56 Å². The second kappa shape index (κ2) is 17.2. The molecular weight excluding hydrogens is 640 g/mol. The Bertz CT molecular complexity index is 1280. The van der Waals surface area contributed by atoms with Gasteiger partial charge < -0.3 is 69.3 Å². The molecule has 1 aliphatic carbocycles. The Balaban J connectivity index is 1.36. The molecule has 2 fully saturated rings. The van der Waals surface area contributed by atoms with Crippen LogP contribution in [-0.4, -0.2) is 147 Å². The predicted molar refractivity (Wildman–Crippen MR) is 161 cm³/mol. The van der Waals surface area contributed by atoms with Crippen LogP contribution >= 0.6 is 0 Å². The lowest BCUT2D eigenvalue weighted by molar-refractivity contribution is -0.308. The molecule has 0 spiro atoms. The molecule has 0 aromatic heterocycles. The van der Waals surface area contributed by atoms with Crippen molar-refractivity contribution >= 4 is 11.9 Å². The standard InChI is InChI=1S/C32H44O16/c1-3-17-19(18(30(42)43-2)8-9-20(17)46-32-29(41)27(39)25(37)22(14-34)48-32)12-23(35)45-16-6-4-15(5-7-16)10-11-44-31-28(40)26(38)24(36)21(13-33)47-31/h3-8,19-22,24-29,31-34,36-41H,9-14H2,1-2H3/b17-3+/t19-,20+,21+,22+,24+,25+,26-,27-,28+,29+,31?,32?/m0/s1. The topological polar surface area (TPSA) is 251 Å². The highest BCUT2D eigenvalue weighted by Crippen LogP contribution is 2.37. The molecule has 16 nitrogen and oxygen atoms in total. The van der Waals surface area contributed by atoms with Crippen molar-refractivity contribution in [1.29, 1.82) is 0 Å². The summed E-state index contributed by atoms with van der Waals surface area (Å²) in [6.07, 6.45) is -11.8. The van der Waals surface area contributed by atoms with E-state index in [0.29, 0.717) is 12.0 Å². The summed E-state index contributed by atoms with van der Waals surface area (Å²) < 4.78 is 32.8. The Morgan fingerprint density at radius 2 is 1.44 bits per heavy atom. The second-order valence-electron chi connectivity index (χ2n) is 11.7. The Morgan fingerprint density at radius 1 is 0.854 bits per heavy atom. The van der Waals surface area contributed by atoms with E-state index in [2.05, 4.69) is 0 Å². The van der Waals surface area contributed by atoms with E-state index in [9.17, 15) is 50.4 Å². The summed E-state index contributed by atoms with van der Waals surface area (Å²) in [7, 11) is 1.21. The van der Waals surface area contributed by atoms with Gasteiger partial charge in [-0.05, 0) is 43.0 Å². The van der Waals surface area contributed by atoms with Crippen molar-refractivity contribution in [1.82, 2.24) is 0 Å². The van der Waals surface area contributed by atoms with Gasteiger partial charge in [0.2, 0.25) is 0 Å². The minimum atomic E-state index is -1.65. The molecule has 1 aromatic rings. The molecule has 0 bridgehead atoms. The SMILES string of the molecule is C/C=C1\[C@H](CC(=O)Oc2ccc(CCOC3O[C@H](CO)[C@@H](O)[C@H](O)[C@H]3O)cc2)C(C(=O)OC)=CC[C@H]1OC1O[C@H](CO)[C@@H](O)[C@H](O)[C@H]1O. The maximum Gasteiger partial charge on any atom is 0.334 e. The molecule has 2 saturated heterocycles. The molecule has 12 atom stereocenters. The molecular formula is C32H44O16. The summed E-state index contributed by atoms with van der Waals surface area (Å²) in [6.45, 7) is 0.532. The summed E-state index contributed by atoms with van der Waals surface area (Å²) >= 11 is 0. The monoisotopic (exact) mass is 684 g/mol. The highest BCUT2D eigenvalue weighted by Gasteiger charge is 2.46. The number of methoxy groups -OCH3 is 1. The lowest BCUT2D eigenvalue weighted by Crippen LogP contribution is -2.59. The van der Waals surface area contributed by atoms with Crippen LogP contribution in [-0.2, 0) is 39.7 Å². The Labute approximate surface area is 276 Å². The van der Waals surface area contributed by atoms with Gasteiger partial charge >= 0.3 is 11.9 Å². The number of aliphatic hydroxyl groups is 8. The van der Waals surface area contributed by atoms with Gasteiger partial charge in [-0.25, -0.2) is 4.79 Å². The largest absolute Gasteiger partial charge is 0.466 e. The summed E-state index contributed by atoms with van der Waals surface area (Å²) in [4.78, 5) is 25.8. The van der Waals surface area contributed by atoms with Gasteiger partial charge in [0.1, 0.15) is 54.6 Å². The van der Waals surface area contributed by atoms with Gasteiger partial charge in [-0.3, -0.25) is 4.79 Å². The van der Waals surface area contributed by atoms with Crippen molar-refractivity contribution < 1.29 is 78.9 Å². The second-order valence-corrected chi connectivity index (χ2v) is 11.7. The minimum absolute atomic E-state index is 0.0602. The van der Waals surface area contributed by atoms with Gasteiger partial charge in [-0.15, -0.1) is 0 Å². The fourth-order valence-electron chi connectivity index (χ4n) is 5.91. The van der Waals surface area contributed by atoms with E-state index in [1.54, 1.807) is 43.3 Å². The molecule has 0 radical (unpaired) electrons. The van der Waals surface area contributed by atoms with E-state index in [-0.39, 0.29) is 30.8 Å². The van der Waals surface area contributed by atoms with Crippen LogP contribution in [0.15, 0.2) is 47.6 Å². The molecule has 4 rings (SSSR count). The predicted octanol–water partition coefficient (Wildman–Crippen LogP) is -2.41. The Hall–Kier alpha value is -2.84. The maximum absolute atomic E-state index is 13.1. The number of carbonyl (C=O) groups is 2. The number of aliphatic hydroxyl groups excluding tert-OH is 8. The van der Waals surface area contributed by atoms with E-state index in [1.165, 1.54) is 7.11 Å². The molecule has 268 valence electrons. The van der Waals surface area contributed by atoms with Crippen molar-refractivity contribution in [2.24, 2.45) is 5.92 Å². The lowest BCUT2D eigenvalue weighted by Gasteiger charge is -2.42. The molecule has 2 heterocycles. The van der Waals surface area contributed by atoms with Crippen molar-refractivity contribution in [2.75, 3.05) is 26.9 Å². The zero-order valence-corrected chi connectivity index (χ0v) is 26.5. The van der Waals surface area contributed by atoms with Crippen LogP contribution in [0.2, 0.25) is 0 Å². The first-order chi connectivity index (χ1) is 22.9. The van der Waals surface area contributed by atoms with Crippen molar-refractivity contribution in [2.45, 2.75) is 93.7 Å². The summed E-state index contributed by atoms with van der Waals surface area (Å²) in [5.41, 5.74) is 1.46. The van der Waals surface area contributed by atoms with Crippen molar-refractivity contribution in [3.05, 3.63) is 53.1 Å². The van der Waals surface area contributed by atoms with E-state index in [1.807, 2.05) is 0 Å². The van der Waals surface area contributed by atoms with Crippen LogP contribution in [0.25, 0.3) is 0 Å². The Kier molecular flexibility index (Phi) is 13.6. The first kappa shape index (κ1) is 38.0. The summed E-state index contributed by atoms with van der Waals surface area (Å²) in [6, 6.07) is 6.48. The molecule has 0 saturated carbocycles. The molecule has 16 heteroatoms. The number of hydrogen-bond acceptors (Lipinski definition) is 16.